The minimum atomic E-state index is -1.42. The third-order valence-corrected chi connectivity index (χ3v) is 4.69. The van der Waals surface area contributed by atoms with E-state index in [0.717, 1.165) is 0 Å². The Morgan fingerprint density at radius 2 is 2.12 bits per heavy atom. The summed E-state index contributed by atoms with van der Waals surface area (Å²) in [4.78, 5) is 36.5. The fourth-order valence-electron chi connectivity index (χ4n) is 2.96. The van der Waals surface area contributed by atoms with Crippen LogP contribution in [-0.2, 0) is 23.9 Å². The van der Waals surface area contributed by atoms with Crippen molar-refractivity contribution in [1.29, 1.82) is 0 Å². The van der Waals surface area contributed by atoms with Gasteiger partial charge in [0.05, 0.1) is 11.5 Å². The molecule has 0 aromatic heterocycles. The molecule has 6 nitrogen and oxygen atoms in total. The van der Waals surface area contributed by atoms with Crippen LogP contribution in [-0.4, -0.2) is 40.6 Å². The molecule has 0 saturated carbocycles. The van der Waals surface area contributed by atoms with Crippen LogP contribution in [0.5, 0.6) is 0 Å². The third-order valence-electron chi connectivity index (χ3n) is 4.69. The van der Waals surface area contributed by atoms with Gasteiger partial charge in [0.1, 0.15) is 12.2 Å². The van der Waals surface area contributed by atoms with Gasteiger partial charge < -0.3 is 14.6 Å². The summed E-state index contributed by atoms with van der Waals surface area (Å²) in [5, 5.41) is 10.6. The van der Waals surface area contributed by atoms with Crippen molar-refractivity contribution >= 4 is 17.7 Å². The number of ketones is 1. The monoisotopic (exact) mass is 360 g/mol. The number of carbonyl (C=O) groups excluding carboxylic acids is 3. The molecular formula is C20H24O6. The standard InChI is InChI=1S/C20H24O6/c1-6-11(2)18(22)26-16-10-20(5,24)8-7-14(21)12(3)9-15-17(16)13(4)19(23)25-15/h6-9,15-17,24H,4,10H2,1-3,5H3/b8-7-,11-6+,12-9?/t15-,16-,17+,20+/m1/s1. The van der Waals surface area contributed by atoms with Gasteiger partial charge >= 0.3 is 11.9 Å². The van der Waals surface area contributed by atoms with Crippen LogP contribution in [0.4, 0.5) is 0 Å². The second-order valence-electron chi connectivity index (χ2n) is 6.94. The highest BCUT2D eigenvalue weighted by Gasteiger charge is 2.46. The molecule has 0 aromatic rings. The lowest BCUT2D eigenvalue weighted by Crippen LogP contribution is -2.39. The van der Waals surface area contributed by atoms with Gasteiger partial charge in [-0.1, -0.05) is 12.7 Å². The number of hydrogen-bond donors (Lipinski definition) is 1. The number of carbonyl (C=O) groups is 3. The van der Waals surface area contributed by atoms with E-state index in [1.807, 2.05) is 0 Å². The van der Waals surface area contributed by atoms with E-state index in [-0.39, 0.29) is 17.8 Å². The lowest BCUT2D eigenvalue weighted by Gasteiger charge is -2.31. The molecule has 26 heavy (non-hydrogen) atoms. The maximum Gasteiger partial charge on any atom is 0.334 e. The number of fused-ring (bicyclic) bond motifs is 1. The molecule has 1 aliphatic carbocycles. The van der Waals surface area contributed by atoms with Crippen molar-refractivity contribution in [3.8, 4) is 0 Å². The third kappa shape index (κ3) is 4.19. The van der Waals surface area contributed by atoms with Gasteiger partial charge in [-0.05, 0) is 51.5 Å². The van der Waals surface area contributed by atoms with Gasteiger partial charge in [0.25, 0.3) is 0 Å². The molecule has 1 aliphatic heterocycles. The minimum Gasteiger partial charge on any atom is -0.458 e. The molecule has 0 unspecified atom stereocenters. The van der Waals surface area contributed by atoms with Crippen LogP contribution in [0.1, 0.15) is 34.1 Å². The molecule has 4 atom stereocenters. The molecule has 2 rings (SSSR count). The number of esters is 2. The summed E-state index contributed by atoms with van der Waals surface area (Å²) in [7, 11) is 0. The van der Waals surface area contributed by atoms with E-state index in [0.29, 0.717) is 11.1 Å². The zero-order valence-corrected chi connectivity index (χ0v) is 15.4. The molecule has 1 N–H and O–H groups in total. The second kappa shape index (κ2) is 7.41. The Balaban J connectivity index is 2.50. The van der Waals surface area contributed by atoms with Crippen molar-refractivity contribution in [2.24, 2.45) is 5.92 Å². The van der Waals surface area contributed by atoms with E-state index in [4.69, 9.17) is 9.47 Å². The molecule has 1 saturated heterocycles. The largest absolute Gasteiger partial charge is 0.458 e. The highest BCUT2D eigenvalue weighted by Crippen LogP contribution is 2.37. The van der Waals surface area contributed by atoms with E-state index in [9.17, 15) is 19.5 Å². The van der Waals surface area contributed by atoms with Crippen molar-refractivity contribution in [1.82, 2.24) is 0 Å². The molecule has 0 radical (unpaired) electrons. The zero-order chi connectivity index (χ0) is 19.6. The Hall–Kier alpha value is -2.47. The van der Waals surface area contributed by atoms with Gasteiger partial charge in [-0.15, -0.1) is 0 Å². The first-order valence-electron chi connectivity index (χ1n) is 8.44. The Kier molecular flexibility index (Phi) is 5.66. The van der Waals surface area contributed by atoms with Gasteiger partial charge in [-0.2, -0.15) is 0 Å². The van der Waals surface area contributed by atoms with Crippen LogP contribution in [0.25, 0.3) is 0 Å². The van der Waals surface area contributed by atoms with Crippen molar-refractivity contribution in [3.05, 3.63) is 47.6 Å². The maximum absolute atomic E-state index is 12.3. The van der Waals surface area contributed by atoms with Gasteiger partial charge in [-0.25, -0.2) is 9.59 Å². The van der Waals surface area contributed by atoms with Crippen molar-refractivity contribution < 1.29 is 29.0 Å². The van der Waals surface area contributed by atoms with E-state index in [1.165, 1.54) is 25.2 Å². The predicted octanol–water partition coefficient (Wildman–Crippen LogP) is 2.19. The number of allylic oxidation sites excluding steroid dienone is 3. The lowest BCUT2D eigenvalue weighted by atomic mass is 9.82. The zero-order valence-electron chi connectivity index (χ0n) is 15.4. The van der Waals surface area contributed by atoms with Crippen LogP contribution in [0.3, 0.4) is 0 Å². The van der Waals surface area contributed by atoms with E-state index < -0.39 is 35.7 Å². The van der Waals surface area contributed by atoms with Gasteiger partial charge in [0.2, 0.25) is 0 Å². The highest BCUT2D eigenvalue weighted by molar-refractivity contribution is 6.03. The first-order valence-corrected chi connectivity index (χ1v) is 8.44. The Morgan fingerprint density at radius 3 is 2.73 bits per heavy atom. The molecule has 1 fully saturated rings. The topological polar surface area (TPSA) is 89.9 Å². The average Bonchev–Trinajstić information content (AvgIpc) is 2.84. The van der Waals surface area contributed by atoms with Crippen molar-refractivity contribution in [3.63, 3.8) is 0 Å². The van der Waals surface area contributed by atoms with Crippen LogP contribution in [0.2, 0.25) is 0 Å². The lowest BCUT2D eigenvalue weighted by molar-refractivity contribution is -0.150. The Bertz CT molecular complexity index is 737. The number of rotatable bonds is 2. The molecule has 2 aliphatic rings. The van der Waals surface area contributed by atoms with E-state index >= 15 is 0 Å². The molecule has 0 spiro atoms. The molecule has 0 aromatic carbocycles. The normalized spacial score (nSPS) is 33.9. The van der Waals surface area contributed by atoms with Gasteiger partial charge in [-0.3, -0.25) is 4.79 Å². The Morgan fingerprint density at radius 1 is 1.46 bits per heavy atom. The van der Waals surface area contributed by atoms with Gasteiger partial charge in [0.15, 0.2) is 5.78 Å². The fraction of sp³-hybridized carbons (Fsp3) is 0.450. The van der Waals surface area contributed by atoms with E-state index in [2.05, 4.69) is 6.58 Å². The number of ether oxygens (including phenoxy) is 2. The summed E-state index contributed by atoms with van der Waals surface area (Å²) in [6.45, 7) is 10.2. The smallest absolute Gasteiger partial charge is 0.334 e. The number of aliphatic hydroxyl groups is 1. The molecule has 6 heteroatoms. The quantitative estimate of drug-likeness (QED) is 0.600. The van der Waals surface area contributed by atoms with Crippen LogP contribution in [0.15, 0.2) is 47.6 Å². The molecule has 0 amide bonds. The predicted molar refractivity (Wildman–Crippen MR) is 95.0 cm³/mol. The number of hydrogen-bond acceptors (Lipinski definition) is 6. The summed E-state index contributed by atoms with van der Waals surface area (Å²) in [5.74, 6) is -2.13. The minimum absolute atomic E-state index is 0.0107. The SMILES string of the molecule is C=C1C(=O)O[C@@H]2C=C(C)C(=O)/C=C\[C@](C)(O)C[C@@H](OC(=O)/C(C)=C/C)[C@@H]12. The summed E-state index contributed by atoms with van der Waals surface area (Å²) in [6, 6.07) is 0. The first-order chi connectivity index (χ1) is 12.1. The van der Waals surface area contributed by atoms with Crippen LogP contribution < -0.4 is 0 Å². The van der Waals surface area contributed by atoms with E-state index in [1.54, 1.807) is 26.8 Å². The molecule has 140 valence electrons. The molecule has 1 heterocycles. The fourth-order valence-corrected chi connectivity index (χ4v) is 2.96. The first kappa shape index (κ1) is 19.8. The average molecular weight is 360 g/mol. The second-order valence-corrected chi connectivity index (χ2v) is 6.94. The summed E-state index contributed by atoms with van der Waals surface area (Å²) < 4.78 is 10.9. The maximum atomic E-state index is 12.3. The summed E-state index contributed by atoms with van der Waals surface area (Å²) in [5.41, 5.74) is -0.487. The summed E-state index contributed by atoms with van der Waals surface area (Å²) >= 11 is 0. The van der Waals surface area contributed by atoms with Crippen molar-refractivity contribution in [2.75, 3.05) is 0 Å². The Labute approximate surface area is 152 Å². The highest BCUT2D eigenvalue weighted by atomic mass is 16.6. The summed E-state index contributed by atoms with van der Waals surface area (Å²) in [6.07, 6.45) is 4.15. The van der Waals surface area contributed by atoms with Crippen molar-refractivity contribution in [2.45, 2.75) is 51.9 Å². The molecular weight excluding hydrogens is 336 g/mol. The molecule has 0 bridgehead atoms. The van der Waals surface area contributed by atoms with Crippen LogP contribution in [0, 0.1) is 5.92 Å². The van der Waals surface area contributed by atoms with Crippen LogP contribution >= 0.6 is 0 Å². The van der Waals surface area contributed by atoms with Gasteiger partial charge in [0, 0.05) is 17.6 Å².